The number of nitrogens with zero attached hydrogens (tertiary/aromatic N) is 2. The quantitative estimate of drug-likeness (QED) is 0.364. The second-order valence-corrected chi connectivity index (χ2v) is 6.94. The molecule has 0 aromatic carbocycles. The van der Waals surface area contributed by atoms with Crippen molar-refractivity contribution in [1.82, 2.24) is 9.62 Å². The van der Waals surface area contributed by atoms with E-state index in [1.54, 1.807) is 0 Å². The normalized spacial score (nSPS) is 26.4. The Morgan fingerprint density at radius 2 is 2.25 bits per heavy atom. The fourth-order valence-electron chi connectivity index (χ4n) is 2.30. The van der Waals surface area contributed by atoms with Crippen molar-refractivity contribution in [2.45, 2.75) is 25.4 Å². The molecule has 1 unspecified atom stereocenters. The van der Waals surface area contributed by atoms with Crippen LogP contribution in [0.15, 0.2) is 4.99 Å². The average molecular weight is 418 g/mol. The highest BCUT2D eigenvalue weighted by Crippen LogP contribution is 2.12. The Morgan fingerprint density at radius 1 is 1.45 bits per heavy atom. The van der Waals surface area contributed by atoms with Crippen molar-refractivity contribution in [2.75, 3.05) is 38.5 Å². The van der Waals surface area contributed by atoms with Gasteiger partial charge in [0, 0.05) is 26.2 Å². The summed E-state index contributed by atoms with van der Waals surface area (Å²) in [6.07, 6.45) is 3.01. The summed E-state index contributed by atoms with van der Waals surface area (Å²) in [5.74, 6) is 0.613. The predicted octanol–water partition coefficient (Wildman–Crippen LogP) is -0.277. The number of nitrogens with two attached hydrogens (primary N) is 1. The van der Waals surface area contributed by atoms with Crippen molar-refractivity contribution in [3.63, 3.8) is 0 Å². The maximum absolute atomic E-state index is 11.6. The zero-order valence-electron chi connectivity index (χ0n) is 11.5. The summed E-state index contributed by atoms with van der Waals surface area (Å²) in [4.78, 5) is 4.20. The van der Waals surface area contributed by atoms with Gasteiger partial charge in [0.25, 0.3) is 0 Å². The lowest BCUT2D eigenvalue weighted by atomic mass is 10.2. The number of rotatable bonds is 5. The molecule has 2 heterocycles. The van der Waals surface area contributed by atoms with Crippen LogP contribution in [-0.2, 0) is 14.8 Å². The van der Waals surface area contributed by atoms with E-state index in [4.69, 9.17) is 10.5 Å². The van der Waals surface area contributed by atoms with Crippen LogP contribution in [0.25, 0.3) is 0 Å². The van der Waals surface area contributed by atoms with Gasteiger partial charge in [-0.3, -0.25) is 4.99 Å². The van der Waals surface area contributed by atoms with Crippen LogP contribution < -0.4 is 11.1 Å². The SMILES string of the molecule is I.NC(=NCC1CCCO1)NCCN1CCCS1(=O)=O. The number of halogens is 1. The molecule has 2 fully saturated rings. The Bertz CT molecular complexity index is 423. The topological polar surface area (TPSA) is 97.0 Å². The third-order valence-corrected chi connectivity index (χ3v) is 5.32. The van der Waals surface area contributed by atoms with E-state index in [2.05, 4.69) is 10.3 Å². The highest BCUT2D eigenvalue weighted by Gasteiger charge is 2.27. The summed E-state index contributed by atoms with van der Waals surface area (Å²) in [6, 6.07) is 0. The standard InChI is InChI=1S/C11H22N4O3S.HI/c12-11(14-9-10-3-1-7-18-10)13-4-6-15-5-2-8-19(15,16)17;/h10H,1-9H2,(H3,12,13,14);1H. The molecule has 2 saturated heterocycles. The molecule has 0 saturated carbocycles. The van der Waals surface area contributed by atoms with E-state index in [0.29, 0.717) is 38.6 Å². The van der Waals surface area contributed by atoms with E-state index in [0.717, 1.165) is 19.4 Å². The second kappa shape index (κ2) is 8.35. The van der Waals surface area contributed by atoms with Crippen LogP contribution in [0.4, 0.5) is 0 Å². The average Bonchev–Trinajstić information content (AvgIpc) is 2.97. The Morgan fingerprint density at radius 3 is 2.85 bits per heavy atom. The third kappa shape index (κ3) is 5.34. The molecule has 0 bridgehead atoms. The van der Waals surface area contributed by atoms with Crippen LogP contribution in [0.1, 0.15) is 19.3 Å². The van der Waals surface area contributed by atoms with E-state index in [9.17, 15) is 8.42 Å². The molecular weight excluding hydrogens is 395 g/mol. The summed E-state index contributed by atoms with van der Waals surface area (Å²) < 4.78 is 30.0. The minimum atomic E-state index is -3.02. The molecule has 0 aliphatic carbocycles. The number of guanidine groups is 1. The Kier molecular flexibility index (Phi) is 7.48. The molecule has 2 aliphatic rings. The first-order valence-electron chi connectivity index (χ1n) is 6.71. The summed E-state index contributed by atoms with van der Waals surface area (Å²) >= 11 is 0. The van der Waals surface area contributed by atoms with Crippen LogP contribution in [0.5, 0.6) is 0 Å². The maximum Gasteiger partial charge on any atom is 0.214 e. The first kappa shape index (κ1) is 17.9. The van der Waals surface area contributed by atoms with Crippen LogP contribution in [0.3, 0.4) is 0 Å². The molecule has 2 rings (SSSR count). The number of hydrogen-bond acceptors (Lipinski definition) is 4. The van der Waals surface area contributed by atoms with Gasteiger partial charge in [0.15, 0.2) is 5.96 Å². The zero-order chi connectivity index (χ0) is 13.7. The summed E-state index contributed by atoms with van der Waals surface area (Å²) in [7, 11) is -3.02. The van der Waals surface area contributed by atoms with Gasteiger partial charge < -0.3 is 15.8 Å². The monoisotopic (exact) mass is 418 g/mol. The number of ether oxygens (including phenoxy) is 1. The molecule has 1 atom stereocenters. The van der Waals surface area contributed by atoms with Gasteiger partial charge in [-0.25, -0.2) is 12.7 Å². The van der Waals surface area contributed by atoms with Crippen LogP contribution in [0, 0.1) is 0 Å². The predicted molar refractivity (Wildman–Crippen MR) is 88.9 cm³/mol. The molecule has 0 aromatic heterocycles. The lowest BCUT2D eigenvalue weighted by molar-refractivity contribution is 0.118. The molecule has 0 aromatic rings. The number of aliphatic imine (C=N–C) groups is 1. The lowest BCUT2D eigenvalue weighted by Gasteiger charge is -2.14. The molecule has 7 nitrogen and oxygen atoms in total. The van der Waals surface area contributed by atoms with Gasteiger partial charge >= 0.3 is 0 Å². The fraction of sp³-hybridized carbons (Fsp3) is 0.909. The molecule has 2 aliphatic heterocycles. The van der Waals surface area contributed by atoms with E-state index in [-0.39, 0.29) is 35.8 Å². The van der Waals surface area contributed by atoms with Gasteiger partial charge in [-0.15, -0.1) is 24.0 Å². The van der Waals surface area contributed by atoms with Crippen molar-refractivity contribution >= 4 is 40.0 Å². The van der Waals surface area contributed by atoms with Crippen molar-refractivity contribution < 1.29 is 13.2 Å². The van der Waals surface area contributed by atoms with Crippen LogP contribution in [0.2, 0.25) is 0 Å². The van der Waals surface area contributed by atoms with E-state index < -0.39 is 10.0 Å². The van der Waals surface area contributed by atoms with E-state index >= 15 is 0 Å². The number of sulfonamides is 1. The molecule has 0 radical (unpaired) electrons. The molecule has 3 N–H and O–H groups in total. The highest BCUT2D eigenvalue weighted by molar-refractivity contribution is 14.0. The minimum Gasteiger partial charge on any atom is -0.376 e. The fourth-order valence-corrected chi connectivity index (χ4v) is 3.82. The largest absolute Gasteiger partial charge is 0.376 e. The van der Waals surface area contributed by atoms with Gasteiger partial charge in [-0.1, -0.05) is 0 Å². The Labute approximate surface area is 137 Å². The number of hydrogen-bond donors (Lipinski definition) is 2. The zero-order valence-corrected chi connectivity index (χ0v) is 14.6. The molecule has 0 amide bonds. The third-order valence-electron chi connectivity index (χ3n) is 3.36. The van der Waals surface area contributed by atoms with E-state index in [1.165, 1.54) is 4.31 Å². The molecule has 20 heavy (non-hydrogen) atoms. The summed E-state index contributed by atoms with van der Waals surface area (Å²) in [5, 5.41) is 2.94. The molecule has 9 heteroatoms. The van der Waals surface area contributed by atoms with Crippen molar-refractivity contribution in [2.24, 2.45) is 10.7 Å². The van der Waals surface area contributed by atoms with Crippen LogP contribution in [-0.4, -0.2) is 63.3 Å². The Hall–Kier alpha value is -0.130. The molecule has 0 spiro atoms. The van der Waals surface area contributed by atoms with Gasteiger partial charge in [0.05, 0.1) is 18.4 Å². The number of nitrogens with one attached hydrogen (secondary N) is 1. The van der Waals surface area contributed by atoms with Crippen molar-refractivity contribution in [3.8, 4) is 0 Å². The van der Waals surface area contributed by atoms with E-state index in [1.807, 2.05) is 0 Å². The highest BCUT2D eigenvalue weighted by atomic mass is 127. The summed E-state index contributed by atoms with van der Waals surface area (Å²) in [6.45, 7) is 2.91. The Balaban J connectivity index is 0.00000200. The first-order chi connectivity index (χ1) is 9.08. The lowest BCUT2D eigenvalue weighted by Crippen LogP contribution is -2.39. The van der Waals surface area contributed by atoms with Crippen molar-refractivity contribution in [1.29, 1.82) is 0 Å². The van der Waals surface area contributed by atoms with Crippen LogP contribution >= 0.6 is 24.0 Å². The van der Waals surface area contributed by atoms with Gasteiger partial charge in [0.2, 0.25) is 10.0 Å². The minimum absolute atomic E-state index is 0. The van der Waals surface area contributed by atoms with Crippen molar-refractivity contribution in [3.05, 3.63) is 0 Å². The maximum atomic E-state index is 11.6. The summed E-state index contributed by atoms with van der Waals surface area (Å²) in [5.41, 5.74) is 5.72. The first-order valence-corrected chi connectivity index (χ1v) is 8.32. The second-order valence-electron chi connectivity index (χ2n) is 4.86. The molecular formula is C11H23IN4O3S. The van der Waals surface area contributed by atoms with Gasteiger partial charge in [-0.2, -0.15) is 0 Å². The smallest absolute Gasteiger partial charge is 0.214 e. The van der Waals surface area contributed by atoms with Gasteiger partial charge in [0.1, 0.15) is 0 Å². The van der Waals surface area contributed by atoms with Gasteiger partial charge in [-0.05, 0) is 19.3 Å². The molecule has 118 valence electrons.